The van der Waals surface area contributed by atoms with E-state index in [2.05, 4.69) is 10.0 Å². The van der Waals surface area contributed by atoms with E-state index in [9.17, 15) is 39.6 Å². The number of alkyl halides is 3. The third-order valence-corrected chi connectivity index (χ3v) is 9.80. The number of hydrogen-bond acceptors (Lipinski definition) is 6. The smallest absolute Gasteiger partial charge is 0.339 e. The van der Waals surface area contributed by atoms with Crippen LogP contribution in [-0.4, -0.2) is 52.7 Å². The highest BCUT2D eigenvalue weighted by atomic mass is 32.2. The Morgan fingerprint density at radius 1 is 0.854 bits per heavy atom. The summed E-state index contributed by atoms with van der Waals surface area (Å²) in [6.45, 7) is 1.62. The summed E-state index contributed by atoms with van der Waals surface area (Å²) in [5, 5.41) is 2.59. The highest BCUT2D eigenvalue weighted by Gasteiger charge is 2.39. The lowest BCUT2D eigenvalue weighted by Gasteiger charge is -2.32. The van der Waals surface area contributed by atoms with Gasteiger partial charge in [-0.2, -0.15) is 13.2 Å². The van der Waals surface area contributed by atoms with Gasteiger partial charge in [0.05, 0.1) is 20.2 Å². The molecule has 1 saturated heterocycles. The number of nitrogens with one attached hydrogen (secondary N) is 2. The minimum Gasteiger partial charge on any atom is -0.339 e. The fourth-order valence-electron chi connectivity index (χ4n) is 4.43. The van der Waals surface area contributed by atoms with E-state index in [1.165, 1.54) is 48.2 Å². The molecule has 0 radical (unpaired) electrons. The number of hydrogen-bond donors (Lipinski definition) is 2. The molecule has 0 bridgehead atoms. The Labute approximate surface area is 235 Å². The minimum atomic E-state index is -5.07. The third-order valence-electron chi connectivity index (χ3n) is 6.47. The highest BCUT2D eigenvalue weighted by molar-refractivity contribution is 7.91. The number of piperidine rings is 1. The number of rotatable bonds is 7. The van der Waals surface area contributed by atoms with Crippen LogP contribution in [0.25, 0.3) is 0 Å². The molecule has 4 rings (SSSR count). The number of amides is 2. The zero-order valence-electron chi connectivity index (χ0n) is 21.7. The van der Waals surface area contributed by atoms with Gasteiger partial charge in [-0.05, 0) is 67.4 Å². The Morgan fingerprint density at radius 2 is 1.46 bits per heavy atom. The van der Waals surface area contributed by atoms with Crippen LogP contribution in [0.1, 0.15) is 35.7 Å². The van der Waals surface area contributed by atoms with E-state index in [0.717, 1.165) is 6.07 Å². The molecule has 2 amide bonds. The van der Waals surface area contributed by atoms with Crippen molar-refractivity contribution in [3.63, 3.8) is 0 Å². The van der Waals surface area contributed by atoms with Crippen molar-refractivity contribution in [2.45, 2.75) is 46.7 Å². The monoisotopic (exact) mass is 609 g/mol. The van der Waals surface area contributed by atoms with Crippen LogP contribution in [0, 0.1) is 0 Å². The molecule has 41 heavy (non-hydrogen) atoms. The van der Waals surface area contributed by atoms with E-state index in [1.54, 1.807) is 18.2 Å². The molecule has 0 atom stereocenters. The van der Waals surface area contributed by atoms with Gasteiger partial charge in [0.2, 0.25) is 25.8 Å². The summed E-state index contributed by atoms with van der Waals surface area (Å²) in [4.78, 5) is 23.5. The quantitative estimate of drug-likeness (QED) is 0.415. The summed E-state index contributed by atoms with van der Waals surface area (Å²) < 4.78 is 96.1. The molecule has 1 heterocycles. The molecule has 14 heteroatoms. The predicted molar refractivity (Wildman–Crippen MR) is 143 cm³/mol. The molecule has 3 aromatic rings. The molecule has 1 fully saturated rings. The Kier molecular flexibility index (Phi) is 8.57. The molecule has 218 valence electrons. The second-order valence-corrected chi connectivity index (χ2v) is 13.1. The number of likely N-dealkylation sites (tertiary alicyclic amines) is 1. The topological polar surface area (TPSA) is 130 Å². The number of benzene rings is 3. The summed E-state index contributed by atoms with van der Waals surface area (Å²) in [5.41, 5.74) is -0.627. The molecule has 3 aromatic carbocycles. The lowest BCUT2D eigenvalue weighted by atomic mass is 10.0. The number of sulfonamides is 1. The first-order valence-corrected chi connectivity index (χ1v) is 15.4. The number of carbonyl (C=O) groups excluding carboxylic acids is 2. The van der Waals surface area contributed by atoms with Gasteiger partial charge < -0.3 is 10.2 Å². The van der Waals surface area contributed by atoms with Gasteiger partial charge in [0, 0.05) is 37.3 Å². The summed E-state index contributed by atoms with van der Waals surface area (Å²) in [6.07, 6.45) is -4.82. The van der Waals surface area contributed by atoms with Crippen molar-refractivity contribution in [3.8, 4) is 0 Å². The van der Waals surface area contributed by atoms with Crippen LogP contribution in [0.5, 0.6) is 0 Å². The van der Waals surface area contributed by atoms with Gasteiger partial charge in [-0.3, -0.25) is 9.59 Å². The highest BCUT2D eigenvalue weighted by Crippen LogP contribution is 2.36. The van der Waals surface area contributed by atoms with E-state index in [0.29, 0.717) is 23.4 Å². The van der Waals surface area contributed by atoms with Gasteiger partial charge in [0.25, 0.3) is 5.91 Å². The van der Waals surface area contributed by atoms with Gasteiger partial charge in [-0.1, -0.05) is 18.2 Å². The molecular formula is C27H26F3N3O6S2. The van der Waals surface area contributed by atoms with Crippen molar-refractivity contribution in [2.24, 2.45) is 0 Å². The summed E-state index contributed by atoms with van der Waals surface area (Å²) >= 11 is 0. The molecule has 0 saturated carbocycles. The molecule has 0 aliphatic carbocycles. The van der Waals surface area contributed by atoms with Crippen LogP contribution in [-0.2, 0) is 30.8 Å². The number of carbonyl (C=O) groups is 2. The molecule has 0 unspecified atom stereocenters. The average molecular weight is 610 g/mol. The zero-order valence-corrected chi connectivity index (χ0v) is 23.3. The SMILES string of the molecule is CC(=O)Nc1ccc(C(=O)N2CCC(NS(=O)(=O)c3cc(S(=O)(=O)c4ccccc4)ccc3C(F)(F)F)CC2)cc1. The Morgan fingerprint density at radius 3 is 2.02 bits per heavy atom. The van der Waals surface area contributed by atoms with Crippen LogP contribution in [0.15, 0.2) is 87.5 Å². The maximum atomic E-state index is 13.8. The van der Waals surface area contributed by atoms with Crippen molar-refractivity contribution in [1.29, 1.82) is 0 Å². The van der Waals surface area contributed by atoms with Crippen molar-refractivity contribution >= 4 is 37.4 Å². The first-order chi connectivity index (χ1) is 19.2. The van der Waals surface area contributed by atoms with Crippen LogP contribution in [0.2, 0.25) is 0 Å². The van der Waals surface area contributed by atoms with E-state index in [1.807, 2.05) is 0 Å². The molecular weight excluding hydrogens is 583 g/mol. The van der Waals surface area contributed by atoms with Gasteiger partial charge in [-0.25, -0.2) is 21.6 Å². The van der Waals surface area contributed by atoms with Crippen LogP contribution in [0.4, 0.5) is 18.9 Å². The van der Waals surface area contributed by atoms with Gasteiger partial charge in [-0.15, -0.1) is 0 Å². The third kappa shape index (κ3) is 6.94. The van der Waals surface area contributed by atoms with Crippen molar-refractivity contribution < 1.29 is 39.6 Å². The molecule has 2 N–H and O–H groups in total. The second kappa shape index (κ2) is 11.6. The lowest BCUT2D eigenvalue weighted by molar-refractivity contribution is -0.140. The fourth-order valence-corrected chi connectivity index (χ4v) is 7.37. The van der Waals surface area contributed by atoms with E-state index in [-0.39, 0.29) is 42.6 Å². The lowest BCUT2D eigenvalue weighted by Crippen LogP contribution is -2.46. The van der Waals surface area contributed by atoms with Crippen molar-refractivity contribution in [2.75, 3.05) is 18.4 Å². The maximum Gasteiger partial charge on any atom is 0.417 e. The van der Waals surface area contributed by atoms with Crippen LogP contribution in [0.3, 0.4) is 0 Å². The molecule has 9 nitrogen and oxygen atoms in total. The fraction of sp³-hybridized carbons (Fsp3) is 0.259. The van der Waals surface area contributed by atoms with E-state index in [4.69, 9.17) is 0 Å². The van der Waals surface area contributed by atoms with Gasteiger partial charge in [0.1, 0.15) is 0 Å². The number of nitrogens with zero attached hydrogens (tertiary/aromatic N) is 1. The van der Waals surface area contributed by atoms with Crippen LogP contribution >= 0.6 is 0 Å². The largest absolute Gasteiger partial charge is 0.417 e. The minimum absolute atomic E-state index is 0.123. The summed E-state index contributed by atoms with van der Waals surface area (Å²) in [5.74, 6) is -0.584. The molecule has 1 aliphatic heterocycles. The van der Waals surface area contributed by atoms with Crippen molar-refractivity contribution in [1.82, 2.24) is 9.62 Å². The molecule has 0 spiro atoms. The standard InChI is InChI=1S/C27H26F3N3O6S2/c1-18(34)31-20-9-7-19(8-10-20)26(35)33-15-13-21(14-16-33)32-41(38,39)25-17-23(11-12-24(25)27(28,29)30)40(36,37)22-5-3-2-4-6-22/h2-12,17,21,32H,13-16H2,1H3,(H,31,34). The summed E-state index contributed by atoms with van der Waals surface area (Å²) in [6, 6.07) is 14.1. The Bertz CT molecular complexity index is 1650. The Balaban J connectivity index is 1.51. The Hall–Kier alpha value is -3.75. The zero-order chi connectivity index (χ0) is 30.0. The maximum absolute atomic E-state index is 13.8. The van der Waals surface area contributed by atoms with E-state index < -0.39 is 47.4 Å². The van der Waals surface area contributed by atoms with Gasteiger partial charge >= 0.3 is 6.18 Å². The predicted octanol–water partition coefficient (Wildman–Crippen LogP) is 4.08. The first kappa shape index (κ1) is 30.2. The molecule has 0 aromatic heterocycles. The first-order valence-electron chi connectivity index (χ1n) is 12.4. The summed E-state index contributed by atoms with van der Waals surface area (Å²) in [7, 11) is -9.11. The number of sulfone groups is 1. The average Bonchev–Trinajstić information content (AvgIpc) is 2.92. The van der Waals surface area contributed by atoms with Crippen LogP contribution < -0.4 is 10.0 Å². The number of halogens is 3. The van der Waals surface area contributed by atoms with E-state index >= 15 is 0 Å². The number of anilines is 1. The molecule has 1 aliphatic rings. The normalized spacial score (nSPS) is 15.0. The van der Waals surface area contributed by atoms with Crippen molar-refractivity contribution in [3.05, 3.63) is 83.9 Å². The van der Waals surface area contributed by atoms with Gasteiger partial charge in [0.15, 0.2) is 0 Å². The second-order valence-electron chi connectivity index (χ2n) is 9.42.